The van der Waals surface area contributed by atoms with Crippen LogP contribution in [0.2, 0.25) is 0 Å². The molecule has 0 aliphatic carbocycles. The van der Waals surface area contributed by atoms with Gasteiger partial charge in [-0.3, -0.25) is 14.5 Å². The van der Waals surface area contributed by atoms with Crippen molar-refractivity contribution in [1.82, 2.24) is 9.62 Å². The largest absolute Gasteiger partial charge is 0.383 e. The van der Waals surface area contributed by atoms with Crippen LogP contribution in [0.4, 0.5) is 5.69 Å². The van der Waals surface area contributed by atoms with Crippen molar-refractivity contribution >= 4 is 27.5 Å². The van der Waals surface area contributed by atoms with E-state index in [9.17, 15) is 18.0 Å². The van der Waals surface area contributed by atoms with Crippen LogP contribution < -0.4 is 10.2 Å². The number of hydrogen-bond donors (Lipinski definition) is 1. The maximum absolute atomic E-state index is 12.9. The van der Waals surface area contributed by atoms with Crippen LogP contribution in [-0.4, -0.2) is 77.1 Å². The number of carbonyl (C=O) groups excluding carboxylic acids is 2. The summed E-state index contributed by atoms with van der Waals surface area (Å²) in [5.41, 5.74) is 1.23. The number of fused-ring (bicyclic) bond motifs is 1. The van der Waals surface area contributed by atoms with Gasteiger partial charge in [0.05, 0.1) is 24.7 Å². The predicted octanol–water partition coefficient (Wildman–Crippen LogP) is -0.252. The first-order chi connectivity index (χ1) is 13.4. The Morgan fingerprint density at radius 3 is 2.64 bits per heavy atom. The second-order valence-electron chi connectivity index (χ2n) is 6.70. The Kier molecular flexibility index (Phi) is 6.33. The number of amides is 2. The standard InChI is InChI=1S/C18H25N3O6S/c1-13(22)21-16-4-3-15(28(24,25)20-6-9-27-10-7-20)11-14(16)12-17(21)18(23)19-5-8-26-2/h3-4,11,17H,5-10,12H2,1-2H3,(H,19,23). The second-order valence-corrected chi connectivity index (χ2v) is 8.64. The van der Waals surface area contributed by atoms with Crippen molar-refractivity contribution in [2.24, 2.45) is 0 Å². The highest BCUT2D eigenvalue weighted by Crippen LogP contribution is 2.35. The van der Waals surface area contributed by atoms with Crippen LogP contribution in [0.15, 0.2) is 23.1 Å². The molecule has 2 aliphatic rings. The van der Waals surface area contributed by atoms with Gasteiger partial charge in [-0.15, -0.1) is 0 Å². The number of benzene rings is 1. The van der Waals surface area contributed by atoms with Crippen molar-refractivity contribution < 1.29 is 27.5 Å². The van der Waals surface area contributed by atoms with Crippen molar-refractivity contribution in [2.75, 3.05) is 51.5 Å². The quantitative estimate of drug-likeness (QED) is 0.647. The Bertz CT molecular complexity index is 851. The van der Waals surface area contributed by atoms with Gasteiger partial charge in [0, 0.05) is 45.8 Å². The maximum Gasteiger partial charge on any atom is 0.243 e. The van der Waals surface area contributed by atoms with Crippen molar-refractivity contribution in [2.45, 2.75) is 24.3 Å². The third-order valence-corrected chi connectivity index (χ3v) is 6.79. The highest BCUT2D eigenvalue weighted by Gasteiger charge is 2.38. The molecule has 0 spiro atoms. The number of hydrogen-bond acceptors (Lipinski definition) is 6. The van der Waals surface area contributed by atoms with E-state index in [1.807, 2.05) is 0 Å². The van der Waals surface area contributed by atoms with Crippen LogP contribution in [0.5, 0.6) is 0 Å². The molecule has 3 rings (SSSR count). The summed E-state index contributed by atoms with van der Waals surface area (Å²) < 4.78 is 37.3. The molecule has 1 fully saturated rings. The molecular weight excluding hydrogens is 386 g/mol. The van der Waals surface area contributed by atoms with Gasteiger partial charge in [-0.2, -0.15) is 4.31 Å². The number of ether oxygens (including phenoxy) is 2. The van der Waals surface area contributed by atoms with Crippen LogP contribution in [-0.2, 0) is 35.5 Å². The van der Waals surface area contributed by atoms with E-state index in [1.54, 1.807) is 12.1 Å². The van der Waals surface area contributed by atoms with Crippen molar-refractivity contribution in [3.63, 3.8) is 0 Å². The van der Waals surface area contributed by atoms with E-state index in [0.717, 1.165) is 0 Å². The minimum Gasteiger partial charge on any atom is -0.383 e. The molecule has 28 heavy (non-hydrogen) atoms. The lowest BCUT2D eigenvalue weighted by Crippen LogP contribution is -2.48. The fourth-order valence-corrected chi connectivity index (χ4v) is 4.98. The molecule has 1 N–H and O–H groups in total. The van der Waals surface area contributed by atoms with Gasteiger partial charge in [-0.05, 0) is 23.8 Å². The van der Waals surface area contributed by atoms with Gasteiger partial charge in [-0.1, -0.05) is 0 Å². The summed E-state index contributed by atoms with van der Waals surface area (Å²) in [6.45, 7) is 3.45. The van der Waals surface area contributed by atoms with Gasteiger partial charge in [0.15, 0.2) is 0 Å². The molecule has 2 heterocycles. The minimum atomic E-state index is -3.64. The van der Waals surface area contributed by atoms with Crippen molar-refractivity contribution in [1.29, 1.82) is 0 Å². The van der Waals surface area contributed by atoms with Crippen molar-refractivity contribution in [3.05, 3.63) is 23.8 Å². The first-order valence-corrected chi connectivity index (χ1v) is 10.6. The van der Waals surface area contributed by atoms with E-state index in [2.05, 4.69) is 5.32 Å². The van der Waals surface area contributed by atoms with Gasteiger partial charge in [0.25, 0.3) is 0 Å². The molecule has 0 radical (unpaired) electrons. The number of sulfonamides is 1. The third-order valence-electron chi connectivity index (χ3n) is 4.89. The molecule has 1 saturated heterocycles. The molecule has 1 aromatic carbocycles. The summed E-state index contributed by atoms with van der Waals surface area (Å²) >= 11 is 0. The Balaban J connectivity index is 1.86. The lowest BCUT2D eigenvalue weighted by atomic mass is 10.1. The number of rotatable bonds is 6. The molecule has 2 aliphatic heterocycles. The van der Waals surface area contributed by atoms with E-state index in [4.69, 9.17) is 9.47 Å². The van der Waals surface area contributed by atoms with Gasteiger partial charge < -0.3 is 14.8 Å². The SMILES string of the molecule is COCCNC(=O)C1Cc2cc(S(=O)(=O)N3CCOCC3)ccc2N1C(C)=O. The molecule has 0 bridgehead atoms. The number of nitrogens with zero attached hydrogens (tertiary/aromatic N) is 2. The first kappa shape index (κ1) is 20.7. The van der Waals surface area contributed by atoms with Crippen LogP contribution in [0.1, 0.15) is 12.5 Å². The summed E-state index contributed by atoms with van der Waals surface area (Å²) in [4.78, 5) is 26.3. The monoisotopic (exact) mass is 411 g/mol. The number of morpholine rings is 1. The number of nitrogens with one attached hydrogen (secondary N) is 1. The zero-order chi connectivity index (χ0) is 20.3. The van der Waals surface area contributed by atoms with E-state index in [1.165, 1.54) is 29.3 Å². The van der Waals surface area contributed by atoms with E-state index >= 15 is 0 Å². The average molecular weight is 411 g/mol. The Labute approximate surface area is 164 Å². The predicted molar refractivity (Wildman–Crippen MR) is 102 cm³/mol. The number of anilines is 1. The maximum atomic E-state index is 12.9. The minimum absolute atomic E-state index is 0.164. The normalized spacial score (nSPS) is 20.1. The molecule has 1 aromatic rings. The second kappa shape index (κ2) is 8.56. The summed E-state index contributed by atoms with van der Waals surface area (Å²) in [6.07, 6.45) is 0.264. The lowest BCUT2D eigenvalue weighted by molar-refractivity contribution is -0.125. The first-order valence-electron chi connectivity index (χ1n) is 9.13. The summed E-state index contributed by atoms with van der Waals surface area (Å²) in [6, 6.07) is 3.96. The van der Waals surface area contributed by atoms with E-state index in [0.29, 0.717) is 50.7 Å². The molecular formula is C18H25N3O6S. The Hall–Kier alpha value is -2.01. The third kappa shape index (κ3) is 4.04. The average Bonchev–Trinajstić information content (AvgIpc) is 3.08. The zero-order valence-corrected chi connectivity index (χ0v) is 16.8. The molecule has 0 aromatic heterocycles. The molecule has 0 saturated carbocycles. The highest BCUT2D eigenvalue weighted by atomic mass is 32.2. The van der Waals surface area contributed by atoms with Gasteiger partial charge in [-0.25, -0.2) is 8.42 Å². The summed E-state index contributed by atoms with van der Waals surface area (Å²) in [5, 5.41) is 2.74. The molecule has 1 atom stereocenters. The zero-order valence-electron chi connectivity index (χ0n) is 16.0. The Morgan fingerprint density at radius 2 is 2.00 bits per heavy atom. The van der Waals surface area contributed by atoms with Gasteiger partial charge >= 0.3 is 0 Å². The van der Waals surface area contributed by atoms with Crippen LogP contribution >= 0.6 is 0 Å². The molecule has 9 nitrogen and oxygen atoms in total. The van der Waals surface area contributed by atoms with E-state index in [-0.39, 0.29) is 23.1 Å². The van der Waals surface area contributed by atoms with Crippen molar-refractivity contribution in [3.8, 4) is 0 Å². The molecule has 154 valence electrons. The molecule has 2 amide bonds. The fraction of sp³-hybridized carbons (Fsp3) is 0.556. The Morgan fingerprint density at radius 1 is 1.29 bits per heavy atom. The summed E-state index contributed by atoms with van der Waals surface area (Å²) in [5.74, 6) is -0.560. The summed E-state index contributed by atoms with van der Waals surface area (Å²) in [7, 11) is -2.11. The van der Waals surface area contributed by atoms with Gasteiger partial charge in [0.1, 0.15) is 6.04 Å². The topological polar surface area (TPSA) is 105 Å². The van der Waals surface area contributed by atoms with Gasteiger partial charge in [0.2, 0.25) is 21.8 Å². The highest BCUT2D eigenvalue weighted by molar-refractivity contribution is 7.89. The van der Waals surface area contributed by atoms with E-state index < -0.39 is 16.1 Å². The smallest absolute Gasteiger partial charge is 0.243 e. The number of methoxy groups -OCH3 is 1. The molecule has 10 heteroatoms. The van der Waals surface area contributed by atoms with Crippen LogP contribution in [0.25, 0.3) is 0 Å². The van der Waals surface area contributed by atoms with Crippen LogP contribution in [0, 0.1) is 0 Å². The fourth-order valence-electron chi connectivity index (χ4n) is 3.52. The number of carbonyl (C=O) groups is 2. The lowest BCUT2D eigenvalue weighted by Gasteiger charge is -2.26. The molecule has 1 unspecified atom stereocenters. The van der Waals surface area contributed by atoms with Crippen LogP contribution in [0.3, 0.4) is 0 Å².